The third-order valence-corrected chi connectivity index (χ3v) is 6.61. The van der Waals surface area contributed by atoms with Crippen molar-refractivity contribution >= 4 is 17.1 Å². The van der Waals surface area contributed by atoms with E-state index in [0.717, 1.165) is 23.1 Å². The number of allylic oxidation sites excluding steroid dienone is 1. The molecule has 5 rings (SSSR count). The van der Waals surface area contributed by atoms with Crippen molar-refractivity contribution in [2.45, 2.75) is 71.2 Å². The van der Waals surface area contributed by atoms with Crippen LogP contribution in [0.25, 0.3) is 11.0 Å². The lowest BCUT2D eigenvalue weighted by Gasteiger charge is -2.35. The summed E-state index contributed by atoms with van der Waals surface area (Å²) in [5.74, 6) is 0.167. The Morgan fingerprint density at radius 3 is 2.74 bits per heavy atom. The predicted molar refractivity (Wildman–Crippen MR) is 131 cm³/mol. The number of carbonyl (C=O) groups excluding carboxylic acids is 1. The van der Waals surface area contributed by atoms with Gasteiger partial charge in [-0.05, 0) is 52.0 Å². The van der Waals surface area contributed by atoms with Crippen LogP contribution >= 0.6 is 0 Å². The maximum absolute atomic E-state index is 14.8. The highest BCUT2D eigenvalue weighted by Crippen LogP contribution is 2.38. The van der Waals surface area contributed by atoms with Gasteiger partial charge in [-0.25, -0.2) is 19.2 Å². The maximum atomic E-state index is 14.8. The van der Waals surface area contributed by atoms with Crippen LogP contribution in [-0.4, -0.2) is 43.8 Å². The van der Waals surface area contributed by atoms with Gasteiger partial charge in [0.15, 0.2) is 0 Å². The minimum absolute atomic E-state index is 0.0975. The Kier molecular flexibility index (Phi) is 5.77. The van der Waals surface area contributed by atoms with Crippen molar-refractivity contribution in [1.29, 1.82) is 0 Å². The maximum Gasteiger partial charge on any atom is 0.410 e. The Bertz CT molecular complexity index is 1310. The standard InChI is InChI=1S/C27H31FN4O3/c1-16-13-31(26(33)35-27(3,4)5)14-21-23(9-8-22(28)24(16)21)34-19-7-6-18(12-19)32-11-10-20-17(2)29-15-30-25(20)32/h6-11,15-16,18-19H,12-14H2,1-5H3/t16?,18-,19+/m0/s1. The highest BCUT2D eigenvalue weighted by Gasteiger charge is 2.33. The van der Waals surface area contributed by atoms with Crippen molar-refractivity contribution in [3.8, 4) is 5.75 Å². The lowest BCUT2D eigenvalue weighted by atomic mass is 9.90. The quantitative estimate of drug-likeness (QED) is 0.453. The number of fused-ring (bicyclic) bond motifs is 2. The van der Waals surface area contributed by atoms with E-state index in [9.17, 15) is 9.18 Å². The minimum Gasteiger partial charge on any atom is -0.486 e. The molecule has 3 aromatic rings. The van der Waals surface area contributed by atoms with Crippen molar-refractivity contribution in [3.63, 3.8) is 0 Å². The Hall–Kier alpha value is -3.42. The fourth-order valence-electron chi connectivity index (χ4n) is 5.03. The molecule has 1 aromatic carbocycles. The van der Waals surface area contributed by atoms with Gasteiger partial charge in [-0.2, -0.15) is 0 Å². The number of nitrogens with zero attached hydrogens (tertiary/aromatic N) is 4. The fourth-order valence-corrected chi connectivity index (χ4v) is 5.03. The van der Waals surface area contributed by atoms with Crippen LogP contribution in [-0.2, 0) is 11.3 Å². The van der Waals surface area contributed by atoms with Gasteiger partial charge in [0.2, 0.25) is 0 Å². The van der Waals surface area contributed by atoms with E-state index in [1.807, 2.05) is 53.0 Å². The highest BCUT2D eigenvalue weighted by molar-refractivity contribution is 5.78. The monoisotopic (exact) mass is 478 g/mol. The molecule has 0 spiro atoms. The molecule has 8 heteroatoms. The van der Waals surface area contributed by atoms with E-state index < -0.39 is 11.7 Å². The van der Waals surface area contributed by atoms with Crippen LogP contribution in [0.2, 0.25) is 0 Å². The van der Waals surface area contributed by atoms with Crippen molar-refractivity contribution in [2.24, 2.45) is 0 Å². The van der Waals surface area contributed by atoms with Crippen LogP contribution in [0, 0.1) is 12.7 Å². The molecule has 0 radical (unpaired) electrons. The second kappa shape index (κ2) is 8.66. The molecule has 0 saturated carbocycles. The number of aromatic nitrogens is 3. The summed E-state index contributed by atoms with van der Waals surface area (Å²) in [6, 6.07) is 5.27. The van der Waals surface area contributed by atoms with E-state index in [2.05, 4.69) is 20.6 Å². The van der Waals surface area contributed by atoms with E-state index >= 15 is 0 Å². The molecular weight excluding hydrogens is 447 g/mol. The molecule has 1 unspecified atom stereocenters. The number of aryl methyl sites for hydroxylation is 1. The average molecular weight is 479 g/mol. The predicted octanol–water partition coefficient (Wildman–Crippen LogP) is 5.68. The number of amides is 1. The average Bonchev–Trinajstić information content (AvgIpc) is 3.41. The molecule has 184 valence electrons. The van der Waals surface area contributed by atoms with Crippen LogP contribution in [0.3, 0.4) is 0 Å². The van der Waals surface area contributed by atoms with Crippen molar-refractivity contribution in [3.05, 3.63) is 65.5 Å². The van der Waals surface area contributed by atoms with Gasteiger partial charge in [-0.1, -0.05) is 13.0 Å². The topological polar surface area (TPSA) is 69.5 Å². The normalized spacial score (nSPS) is 21.9. The van der Waals surface area contributed by atoms with Gasteiger partial charge >= 0.3 is 6.09 Å². The van der Waals surface area contributed by atoms with Gasteiger partial charge in [-0.3, -0.25) is 0 Å². The lowest BCUT2D eigenvalue weighted by molar-refractivity contribution is 0.0205. The summed E-state index contributed by atoms with van der Waals surface area (Å²) in [7, 11) is 0. The van der Waals surface area contributed by atoms with Gasteiger partial charge in [0.05, 0.1) is 18.3 Å². The van der Waals surface area contributed by atoms with Crippen LogP contribution in [0.4, 0.5) is 9.18 Å². The zero-order chi connectivity index (χ0) is 24.9. The SMILES string of the molecule is Cc1ncnc2c1ccn2[C@H]1C=C[C@@H](Oc2ccc(F)c3c2CN(C(=O)OC(C)(C)C)CC3C)C1. The summed E-state index contributed by atoms with van der Waals surface area (Å²) in [6.45, 7) is 10.1. The number of rotatable bonds is 3. The molecule has 35 heavy (non-hydrogen) atoms. The minimum atomic E-state index is -0.600. The van der Waals surface area contributed by atoms with E-state index in [1.54, 1.807) is 17.3 Å². The second-order valence-corrected chi connectivity index (χ2v) is 10.5. The van der Waals surface area contributed by atoms with E-state index in [-0.39, 0.29) is 30.4 Å². The molecule has 0 bridgehead atoms. The molecule has 1 aliphatic heterocycles. The Morgan fingerprint density at radius 2 is 1.97 bits per heavy atom. The number of halogens is 1. The molecule has 0 saturated heterocycles. The van der Waals surface area contributed by atoms with E-state index in [1.165, 1.54) is 6.07 Å². The molecule has 3 heterocycles. The number of hydrogen-bond acceptors (Lipinski definition) is 5. The van der Waals surface area contributed by atoms with Crippen LogP contribution in [0.1, 0.15) is 62.9 Å². The molecule has 0 N–H and O–H groups in total. The summed E-state index contributed by atoms with van der Waals surface area (Å²) in [6.07, 6.45) is 7.92. The van der Waals surface area contributed by atoms with Crippen LogP contribution < -0.4 is 4.74 Å². The Morgan fingerprint density at radius 1 is 1.17 bits per heavy atom. The summed E-state index contributed by atoms with van der Waals surface area (Å²) < 4.78 is 28.9. The lowest BCUT2D eigenvalue weighted by Crippen LogP contribution is -2.41. The summed E-state index contributed by atoms with van der Waals surface area (Å²) in [5, 5.41) is 1.04. The third-order valence-electron chi connectivity index (χ3n) is 6.61. The molecule has 3 atom stereocenters. The Labute approximate surface area is 204 Å². The summed E-state index contributed by atoms with van der Waals surface area (Å²) in [4.78, 5) is 23.1. The molecule has 0 fully saturated rings. The summed E-state index contributed by atoms with van der Waals surface area (Å²) >= 11 is 0. The van der Waals surface area contributed by atoms with Crippen molar-refractivity contribution < 1.29 is 18.7 Å². The molecule has 7 nitrogen and oxygen atoms in total. The number of hydrogen-bond donors (Lipinski definition) is 0. The molecule has 1 amide bonds. The largest absolute Gasteiger partial charge is 0.486 e. The first-order valence-electron chi connectivity index (χ1n) is 12.0. The number of benzene rings is 1. The first-order valence-corrected chi connectivity index (χ1v) is 12.0. The van der Waals surface area contributed by atoms with Crippen molar-refractivity contribution in [2.75, 3.05) is 6.54 Å². The number of carbonyl (C=O) groups is 1. The molecule has 2 aliphatic rings. The summed E-state index contributed by atoms with van der Waals surface area (Å²) in [5.41, 5.74) is 2.57. The zero-order valence-electron chi connectivity index (χ0n) is 20.8. The van der Waals surface area contributed by atoms with Crippen molar-refractivity contribution in [1.82, 2.24) is 19.4 Å². The van der Waals surface area contributed by atoms with E-state index in [0.29, 0.717) is 23.4 Å². The smallest absolute Gasteiger partial charge is 0.410 e. The van der Waals surface area contributed by atoms with Gasteiger partial charge in [0.25, 0.3) is 0 Å². The number of ether oxygens (including phenoxy) is 2. The van der Waals surface area contributed by atoms with Gasteiger partial charge < -0.3 is 18.9 Å². The van der Waals surface area contributed by atoms with Gasteiger partial charge in [0.1, 0.15) is 35.2 Å². The van der Waals surface area contributed by atoms with E-state index in [4.69, 9.17) is 9.47 Å². The molecule has 2 aromatic heterocycles. The molecular formula is C27H31FN4O3. The van der Waals surface area contributed by atoms with Gasteiger partial charge in [0, 0.05) is 41.6 Å². The third kappa shape index (κ3) is 4.49. The highest BCUT2D eigenvalue weighted by atomic mass is 19.1. The second-order valence-electron chi connectivity index (χ2n) is 10.5. The first kappa shape index (κ1) is 23.3. The zero-order valence-corrected chi connectivity index (χ0v) is 20.8. The Balaban J connectivity index is 1.36. The van der Waals surface area contributed by atoms with Crippen LogP contribution in [0.5, 0.6) is 5.75 Å². The molecule has 1 aliphatic carbocycles. The van der Waals surface area contributed by atoms with Gasteiger partial charge in [-0.15, -0.1) is 0 Å². The van der Waals surface area contributed by atoms with Crippen LogP contribution in [0.15, 0.2) is 42.9 Å². The first-order chi connectivity index (χ1) is 16.6. The fraction of sp³-hybridized carbons (Fsp3) is 0.444.